The van der Waals surface area contributed by atoms with Gasteiger partial charge in [-0.05, 0) is 73.7 Å². The molecule has 0 N–H and O–H groups in total. The zero-order chi connectivity index (χ0) is 20.5. The van der Waals surface area contributed by atoms with Crippen molar-refractivity contribution in [1.29, 1.82) is 0 Å². The minimum atomic E-state index is -1.28. The molecule has 0 bridgehead atoms. The molecule has 2 aliphatic carbocycles. The van der Waals surface area contributed by atoms with Crippen molar-refractivity contribution in [3.8, 4) is 0 Å². The van der Waals surface area contributed by atoms with E-state index in [0.29, 0.717) is 42.9 Å². The summed E-state index contributed by atoms with van der Waals surface area (Å²) < 4.78 is 29.7. The zero-order valence-corrected chi connectivity index (χ0v) is 17.8. The number of hydrogen-bond acceptors (Lipinski definition) is 1. The van der Waals surface area contributed by atoms with Crippen LogP contribution in [0.4, 0.5) is 8.78 Å². The van der Waals surface area contributed by atoms with E-state index in [1.54, 1.807) is 0 Å². The van der Waals surface area contributed by atoms with Gasteiger partial charge in [0.15, 0.2) is 0 Å². The van der Waals surface area contributed by atoms with Gasteiger partial charge in [0.1, 0.15) is 11.3 Å². The van der Waals surface area contributed by atoms with Crippen molar-refractivity contribution < 1.29 is 8.78 Å². The molecule has 1 atom stereocenters. The van der Waals surface area contributed by atoms with Crippen LogP contribution in [0.5, 0.6) is 0 Å². The first-order chi connectivity index (χ1) is 14.0. The molecule has 2 aromatic carbocycles. The predicted octanol–water partition coefficient (Wildman–Crippen LogP) is 6.84. The van der Waals surface area contributed by atoms with Gasteiger partial charge in [-0.2, -0.15) is 0 Å². The molecule has 2 fully saturated rings. The zero-order valence-electron chi connectivity index (χ0n) is 17.8. The molecule has 4 rings (SSSR count). The van der Waals surface area contributed by atoms with E-state index in [1.165, 1.54) is 5.56 Å². The summed E-state index contributed by atoms with van der Waals surface area (Å²) in [6.45, 7) is 6.43. The third-order valence-corrected chi connectivity index (χ3v) is 6.82. The standard InChI is InChI=1S/C26H33F2N/c1-3-22(29(4-2)19-21-8-6-5-7-9-21)12-10-20-11-13-23(25(27)14-15-25)24(18-20)26(28)16-17-26/h5-9,11,13,18,22H,3-4,10,12,14-17,19H2,1-2H3. The minimum Gasteiger partial charge on any atom is -0.296 e. The van der Waals surface area contributed by atoms with Crippen molar-refractivity contribution in [3.63, 3.8) is 0 Å². The van der Waals surface area contributed by atoms with Crippen LogP contribution >= 0.6 is 0 Å². The van der Waals surface area contributed by atoms with Crippen LogP contribution in [0.3, 0.4) is 0 Å². The average Bonchev–Trinajstić information content (AvgIpc) is 3.67. The summed E-state index contributed by atoms with van der Waals surface area (Å²) in [5, 5.41) is 0. The number of hydrogen-bond donors (Lipinski definition) is 0. The van der Waals surface area contributed by atoms with Crippen LogP contribution in [0, 0.1) is 0 Å². The fraction of sp³-hybridized carbons (Fsp3) is 0.538. The van der Waals surface area contributed by atoms with Gasteiger partial charge in [-0.3, -0.25) is 4.90 Å². The summed E-state index contributed by atoms with van der Waals surface area (Å²) in [7, 11) is 0. The molecular weight excluding hydrogens is 364 g/mol. The van der Waals surface area contributed by atoms with E-state index in [2.05, 4.69) is 49.1 Å². The molecule has 0 aliphatic heterocycles. The first-order valence-electron chi connectivity index (χ1n) is 11.3. The van der Waals surface area contributed by atoms with Gasteiger partial charge in [-0.15, -0.1) is 0 Å². The topological polar surface area (TPSA) is 3.24 Å². The smallest absolute Gasteiger partial charge is 0.136 e. The van der Waals surface area contributed by atoms with Gasteiger partial charge in [0.25, 0.3) is 0 Å². The molecule has 0 spiro atoms. The van der Waals surface area contributed by atoms with Crippen LogP contribution in [0.2, 0.25) is 0 Å². The largest absolute Gasteiger partial charge is 0.296 e. The van der Waals surface area contributed by atoms with Crippen molar-refractivity contribution in [1.82, 2.24) is 4.90 Å². The van der Waals surface area contributed by atoms with Gasteiger partial charge in [0, 0.05) is 12.6 Å². The Morgan fingerprint density at radius 2 is 1.52 bits per heavy atom. The molecule has 3 heteroatoms. The minimum absolute atomic E-state index is 0.486. The van der Waals surface area contributed by atoms with Crippen LogP contribution < -0.4 is 0 Å². The highest BCUT2D eigenvalue weighted by Crippen LogP contribution is 2.58. The Hall–Kier alpha value is -1.74. The molecule has 2 aromatic rings. The molecule has 1 unspecified atom stereocenters. The van der Waals surface area contributed by atoms with Crippen molar-refractivity contribution in [3.05, 3.63) is 70.8 Å². The maximum absolute atomic E-state index is 14.9. The van der Waals surface area contributed by atoms with E-state index in [-0.39, 0.29) is 0 Å². The lowest BCUT2D eigenvalue weighted by Crippen LogP contribution is -2.34. The second kappa shape index (κ2) is 8.18. The second-order valence-corrected chi connectivity index (χ2v) is 8.96. The van der Waals surface area contributed by atoms with Crippen LogP contribution in [0.1, 0.15) is 74.6 Å². The van der Waals surface area contributed by atoms with Crippen molar-refractivity contribution in [2.45, 2.75) is 82.7 Å². The Morgan fingerprint density at radius 3 is 2.10 bits per heavy atom. The van der Waals surface area contributed by atoms with Crippen molar-refractivity contribution in [2.75, 3.05) is 6.54 Å². The van der Waals surface area contributed by atoms with Crippen LogP contribution in [-0.2, 0) is 24.3 Å². The summed E-state index contributed by atoms with van der Waals surface area (Å²) in [5.74, 6) is 0. The van der Waals surface area contributed by atoms with Crippen molar-refractivity contribution >= 4 is 0 Å². The molecular formula is C26H33F2N. The predicted molar refractivity (Wildman–Crippen MR) is 115 cm³/mol. The van der Waals surface area contributed by atoms with Gasteiger partial charge >= 0.3 is 0 Å². The molecule has 0 heterocycles. The monoisotopic (exact) mass is 397 g/mol. The molecule has 2 saturated carbocycles. The Morgan fingerprint density at radius 1 is 0.862 bits per heavy atom. The molecule has 0 aromatic heterocycles. The van der Waals surface area contributed by atoms with E-state index in [9.17, 15) is 8.78 Å². The summed E-state index contributed by atoms with van der Waals surface area (Å²) in [6.07, 6.45) is 5.20. The third-order valence-electron chi connectivity index (χ3n) is 6.82. The Balaban J connectivity index is 1.45. The third kappa shape index (κ3) is 4.55. The molecule has 1 nitrogen and oxygen atoms in total. The molecule has 0 radical (unpaired) electrons. The average molecular weight is 398 g/mol. The maximum atomic E-state index is 14.9. The SMILES string of the molecule is CCC(CCc1ccc(C2(F)CC2)c(C2(F)CC2)c1)N(CC)Cc1ccccc1. The van der Waals surface area contributed by atoms with E-state index in [0.717, 1.165) is 37.9 Å². The van der Waals surface area contributed by atoms with Gasteiger partial charge in [0.05, 0.1) is 0 Å². The molecule has 0 saturated heterocycles. The summed E-state index contributed by atoms with van der Waals surface area (Å²) in [4.78, 5) is 2.53. The lowest BCUT2D eigenvalue weighted by molar-refractivity contribution is 0.182. The first-order valence-corrected chi connectivity index (χ1v) is 11.3. The number of benzene rings is 2. The first kappa shape index (κ1) is 20.5. The lowest BCUT2D eigenvalue weighted by atomic mass is 9.92. The van der Waals surface area contributed by atoms with E-state index >= 15 is 0 Å². The molecule has 2 aliphatic rings. The Kier molecular flexibility index (Phi) is 5.79. The highest BCUT2D eigenvalue weighted by molar-refractivity contribution is 5.44. The summed E-state index contributed by atoms with van der Waals surface area (Å²) >= 11 is 0. The van der Waals surface area contributed by atoms with E-state index in [4.69, 9.17) is 0 Å². The number of halogens is 2. The number of alkyl halides is 2. The quantitative estimate of drug-likeness (QED) is 0.424. The second-order valence-electron chi connectivity index (χ2n) is 8.96. The Labute approximate surface area is 174 Å². The number of nitrogens with zero attached hydrogens (tertiary/aromatic N) is 1. The Bertz CT molecular complexity index is 824. The van der Waals surface area contributed by atoms with Crippen LogP contribution in [-0.4, -0.2) is 17.5 Å². The number of aryl methyl sites for hydroxylation is 1. The summed E-state index contributed by atoms with van der Waals surface area (Å²) in [6, 6.07) is 17.0. The van der Waals surface area contributed by atoms with Crippen LogP contribution in [0.25, 0.3) is 0 Å². The fourth-order valence-electron chi connectivity index (χ4n) is 4.56. The van der Waals surface area contributed by atoms with E-state index < -0.39 is 11.3 Å². The lowest BCUT2D eigenvalue weighted by Gasteiger charge is -2.30. The molecule has 29 heavy (non-hydrogen) atoms. The molecule has 0 amide bonds. The molecule has 156 valence electrons. The summed E-state index contributed by atoms with van der Waals surface area (Å²) in [5.41, 5.74) is 1.19. The van der Waals surface area contributed by atoms with Gasteiger partial charge in [-0.1, -0.05) is 62.4 Å². The van der Waals surface area contributed by atoms with E-state index in [1.807, 2.05) is 18.2 Å². The van der Waals surface area contributed by atoms with Gasteiger partial charge < -0.3 is 0 Å². The van der Waals surface area contributed by atoms with Crippen LogP contribution in [0.15, 0.2) is 48.5 Å². The maximum Gasteiger partial charge on any atom is 0.136 e. The highest BCUT2D eigenvalue weighted by Gasteiger charge is 2.53. The highest BCUT2D eigenvalue weighted by atomic mass is 19.1. The van der Waals surface area contributed by atoms with Gasteiger partial charge in [-0.25, -0.2) is 8.78 Å². The normalized spacial score (nSPS) is 19.9. The van der Waals surface area contributed by atoms with Gasteiger partial charge in [0.2, 0.25) is 0 Å². The van der Waals surface area contributed by atoms with Crippen molar-refractivity contribution in [2.24, 2.45) is 0 Å². The fourth-order valence-corrected chi connectivity index (χ4v) is 4.56. The number of rotatable bonds is 10.